The molecule has 0 fully saturated rings. The lowest BCUT2D eigenvalue weighted by Gasteiger charge is -2.14. The largest absolute Gasteiger partial charge is 0.455 e. The van der Waals surface area contributed by atoms with Crippen molar-refractivity contribution in [3.63, 3.8) is 0 Å². The second-order valence-corrected chi connectivity index (χ2v) is 7.65. The second-order valence-electron chi connectivity index (χ2n) is 7.65. The lowest BCUT2D eigenvalue weighted by Crippen LogP contribution is -2.14. The first kappa shape index (κ1) is 15.7. The summed E-state index contributed by atoms with van der Waals surface area (Å²) in [6.07, 6.45) is 0. The predicted molar refractivity (Wildman–Crippen MR) is 121 cm³/mol. The Morgan fingerprint density at radius 2 is 1.20 bits per heavy atom. The maximum absolute atomic E-state index is 13.7. The first-order valence-corrected chi connectivity index (χ1v) is 9.80. The zero-order valence-electron chi connectivity index (χ0n) is 15.7. The van der Waals surface area contributed by atoms with Gasteiger partial charge in [-0.15, -0.1) is 0 Å². The highest BCUT2D eigenvalue weighted by Crippen LogP contribution is 2.36. The lowest BCUT2D eigenvalue weighted by atomic mass is 10.00. The summed E-state index contributed by atoms with van der Waals surface area (Å²) in [5, 5.41) is 3.92. The summed E-state index contributed by atoms with van der Waals surface area (Å²) in [5.74, 6) is 0. The van der Waals surface area contributed by atoms with E-state index in [1.54, 1.807) is 0 Å². The summed E-state index contributed by atoms with van der Waals surface area (Å²) in [6.45, 7) is 0. The van der Waals surface area contributed by atoms with Gasteiger partial charge in [-0.2, -0.15) is 0 Å². The van der Waals surface area contributed by atoms with Gasteiger partial charge in [0.1, 0.15) is 11.2 Å². The number of para-hydroxylation sites is 3. The van der Waals surface area contributed by atoms with Crippen molar-refractivity contribution in [2.75, 3.05) is 0 Å². The quantitative estimate of drug-likeness (QED) is 0.257. The number of rotatable bonds is 0. The number of furan rings is 1. The van der Waals surface area contributed by atoms with Gasteiger partial charge in [0.2, 0.25) is 5.43 Å². The Labute approximate surface area is 168 Å². The first-order chi connectivity index (χ1) is 14.7. The maximum atomic E-state index is 13.7. The van der Waals surface area contributed by atoms with Gasteiger partial charge >= 0.3 is 0 Å². The fourth-order valence-electron chi connectivity index (χ4n) is 4.84. The van der Waals surface area contributed by atoms with Crippen molar-refractivity contribution in [1.29, 1.82) is 0 Å². The average molecular weight is 387 g/mol. The molecule has 4 aromatic carbocycles. The second kappa shape index (κ2) is 5.24. The highest BCUT2D eigenvalue weighted by Gasteiger charge is 2.22. The maximum Gasteiger partial charge on any atom is 0.201 e. The van der Waals surface area contributed by atoms with Crippen molar-refractivity contribution in [3.8, 4) is 0 Å². The molecule has 0 spiro atoms. The molecule has 4 heteroatoms. The summed E-state index contributed by atoms with van der Waals surface area (Å²) < 4.78 is 8.21. The van der Waals surface area contributed by atoms with Crippen LogP contribution in [0.15, 0.2) is 92.9 Å². The van der Waals surface area contributed by atoms with Crippen LogP contribution in [0.25, 0.3) is 60.0 Å². The molecule has 7 rings (SSSR count). The number of hydrogen-bond donors (Lipinski definition) is 0. The van der Waals surface area contributed by atoms with Gasteiger partial charge < -0.3 is 8.82 Å². The summed E-state index contributed by atoms with van der Waals surface area (Å²) in [5.41, 5.74) is 3.24. The number of aromatic nitrogens is 1. The molecule has 0 amide bonds. The van der Waals surface area contributed by atoms with E-state index in [-0.39, 0.29) is 10.9 Å². The van der Waals surface area contributed by atoms with Crippen LogP contribution in [0.3, 0.4) is 0 Å². The number of nitrogens with zero attached hydrogens (tertiary/aromatic N) is 1. The van der Waals surface area contributed by atoms with E-state index in [2.05, 4.69) is 0 Å². The van der Waals surface area contributed by atoms with Crippen molar-refractivity contribution in [2.45, 2.75) is 0 Å². The van der Waals surface area contributed by atoms with Crippen LogP contribution in [0.5, 0.6) is 0 Å². The normalized spacial score (nSPS) is 12.3. The predicted octanol–water partition coefficient (Wildman–Crippen LogP) is 5.46. The summed E-state index contributed by atoms with van der Waals surface area (Å²) in [7, 11) is 0. The Balaban J connectivity index is 1.99. The van der Waals surface area contributed by atoms with Crippen LogP contribution in [0.4, 0.5) is 0 Å². The zero-order chi connectivity index (χ0) is 20.0. The van der Waals surface area contributed by atoms with Crippen molar-refractivity contribution in [3.05, 3.63) is 99.3 Å². The van der Waals surface area contributed by atoms with E-state index in [1.165, 1.54) is 0 Å². The van der Waals surface area contributed by atoms with Gasteiger partial charge in [-0.1, -0.05) is 42.5 Å². The monoisotopic (exact) mass is 387 g/mol. The third-order valence-electron chi connectivity index (χ3n) is 6.12. The summed E-state index contributed by atoms with van der Waals surface area (Å²) in [6, 6.07) is 24.7. The van der Waals surface area contributed by atoms with Crippen molar-refractivity contribution in [1.82, 2.24) is 4.40 Å². The highest BCUT2D eigenvalue weighted by atomic mass is 16.3. The van der Waals surface area contributed by atoms with Crippen LogP contribution >= 0.6 is 0 Å². The molecule has 0 bridgehead atoms. The lowest BCUT2D eigenvalue weighted by molar-refractivity contribution is 0.672. The van der Waals surface area contributed by atoms with Crippen LogP contribution in [0.2, 0.25) is 0 Å². The van der Waals surface area contributed by atoms with E-state index in [1.807, 2.05) is 83.3 Å². The van der Waals surface area contributed by atoms with Gasteiger partial charge in [0.05, 0.1) is 21.9 Å². The number of benzene rings is 4. The van der Waals surface area contributed by atoms with Gasteiger partial charge in [-0.3, -0.25) is 9.59 Å². The molecule has 0 unspecified atom stereocenters. The van der Waals surface area contributed by atoms with Gasteiger partial charge in [-0.05, 0) is 36.4 Å². The topological polar surface area (TPSA) is 51.7 Å². The van der Waals surface area contributed by atoms with Crippen LogP contribution in [0.1, 0.15) is 0 Å². The summed E-state index contributed by atoms with van der Waals surface area (Å²) >= 11 is 0. The van der Waals surface area contributed by atoms with Crippen LogP contribution < -0.4 is 10.9 Å². The molecule has 0 aliphatic rings. The van der Waals surface area contributed by atoms with E-state index in [9.17, 15) is 9.59 Å². The van der Waals surface area contributed by atoms with Crippen molar-refractivity contribution in [2.24, 2.45) is 0 Å². The third kappa shape index (κ3) is 1.72. The third-order valence-corrected chi connectivity index (χ3v) is 6.12. The molecule has 0 atom stereocenters. The van der Waals surface area contributed by atoms with Gasteiger partial charge in [0, 0.05) is 26.9 Å². The van der Waals surface area contributed by atoms with Crippen LogP contribution in [0, 0.1) is 0 Å². The molecule has 0 radical (unpaired) electrons. The molecule has 4 nitrogen and oxygen atoms in total. The molecule has 140 valence electrons. The molecule has 0 aliphatic carbocycles. The van der Waals surface area contributed by atoms with Gasteiger partial charge in [-0.25, -0.2) is 0 Å². The molecule has 30 heavy (non-hydrogen) atoms. The standard InChI is InChI=1S/C26H13NO3/c28-24-15-8-1-4-10-19(15)27-20-11-5-2-9-16(20)25(29)22-23(27)18(24)13-17-14-7-3-6-12-21(14)30-26(17)22/h1-13H. The highest BCUT2D eigenvalue weighted by molar-refractivity contribution is 6.22. The number of hydrogen-bond acceptors (Lipinski definition) is 3. The van der Waals surface area contributed by atoms with E-state index in [0.29, 0.717) is 38.2 Å². The van der Waals surface area contributed by atoms with E-state index >= 15 is 0 Å². The van der Waals surface area contributed by atoms with E-state index < -0.39 is 0 Å². The van der Waals surface area contributed by atoms with Crippen molar-refractivity contribution >= 4 is 60.0 Å². The molecule has 0 N–H and O–H groups in total. The van der Waals surface area contributed by atoms with Gasteiger partial charge in [0.25, 0.3) is 0 Å². The Hall–Kier alpha value is -4.18. The van der Waals surface area contributed by atoms with E-state index in [4.69, 9.17) is 4.42 Å². The molecule has 7 aromatic rings. The fourth-order valence-corrected chi connectivity index (χ4v) is 4.84. The molecule has 0 aliphatic heterocycles. The summed E-state index contributed by atoms with van der Waals surface area (Å²) in [4.78, 5) is 27.2. The van der Waals surface area contributed by atoms with Crippen LogP contribution in [-0.2, 0) is 0 Å². The number of pyridine rings is 2. The number of fused-ring (bicyclic) bond motifs is 8. The smallest absolute Gasteiger partial charge is 0.201 e. The minimum absolute atomic E-state index is 0.0718. The van der Waals surface area contributed by atoms with Crippen LogP contribution in [-0.4, -0.2) is 4.40 Å². The fraction of sp³-hybridized carbons (Fsp3) is 0. The molecule has 0 saturated carbocycles. The average Bonchev–Trinajstić information content (AvgIpc) is 3.16. The Bertz CT molecular complexity index is 1930. The molecule has 3 aromatic heterocycles. The van der Waals surface area contributed by atoms with E-state index in [0.717, 1.165) is 21.8 Å². The molecular formula is C26H13NO3. The first-order valence-electron chi connectivity index (χ1n) is 9.80. The van der Waals surface area contributed by atoms with Crippen molar-refractivity contribution < 1.29 is 4.42 Å². The Morgan fingerprint density at radius 3 is 1.93 bits per heavy atom. The Morgan fingerprint density at radius 1 is 0.600 bits per heavy atom. The Kier molecular flexibility index (Phi) is 2.75. The molecular weight excluding hydrogens is 374 g/mol. The molecule has 0 saturated heterocycles. The molecule has 3 heterocycles. The SMILES string of the molecule is O=c1c2ccccc2n2c3ccccc3c(=O)c3c4oc5ccccc5c4cc1c32. The zero-order valence-corrected chi connectivity index (χ0v) is 15.7. The van der Waals surface area contributed by atoms with Gasteiger partial charge in [0.15, 0.2) is 5.43 Å². The minimum atomic E-state index is -0.116. The minimum Gasteiger partial charge on any atom is -0.455 e.